The molecule has 3 aromatic rings. The number of nitrogens with two attached hydrogens (primary N) is 1. The third kappa shape index (κ3) is 4.19. The normalized spacial score (nSPS) is 11.2. The highest BCUT2D eigenvalue weighted by atomic mass is 32.1. The van der Waals surface area contributed by atoms with E-state index in [0.717, 1.165) is 23.1 Å². The Balaban J connectivity index is 1.97. The molecule has 26 heavy (non-hydrogen) atoms. The predicted octanol–water partition coefficient (Wildman–Crippen LogP) is 4.31. The minimum absolute atomic E-state index is 0.143. The van der Waals surface area contributed by atoms with Crippen LogP contribution in [-0.4, -0.2) is 15.2 Å². The molecular formula is C20H22FN3OS. The molecule has 2 aromatic carbocycles. The van der Waals surface area contributed by atoms with Crippen molar-refractivity contribution < 1.29 is 9.13 Å². The van der Waals surface area contributed by atoms with E-state index >= 15 is 0 Å². The smallest absolute Gasteiger partial charge is 0.148 e. The van der Waals surface area contributed by atoms with Crippen LogP contribution in [0.15, 0.2) is 36.4 Å². The highest BCUT2D eigenvalue weighted by Crippen LogP contribution is 2.30. The lowest BCUT2D eigenvalue weighted by molar-refractivity contribution is 0.302. The average molecular weight is 371 g/mol. The second-order valence-electron chi connectivity index (χ2n) is 6.81. The molecule has 6 heteroatoms. The van der Waals surface area contributed by atoms with Crippen molar-refractivity contribution in [1.82, 2.24) is 10.2 Å². The fraction of sp³-hybridized carbons (Fsp3) is 0.300. The summed E-state index contributed by atoms with van der Waals surface area (Å²) in [6.07, 6.45) is 1.35. The molecule has 1 heterocycles. The summed E-state index contributed by atoms with van der Waals surface area (Å²) in [4.78, 5) is 0.402. The summed E-state index contributed by atoms with van der Waals surface area (Å²) in [7, 11) is 0. The van der Waals surface area contributed by atoms with Crippen LogP contribution in [0.5, 0.6) is 5.75 Å². The Hall–Kier alpha value is -2.47. The van der Waals surface area contributed by atoms with Crippen molar-refractivity contribution in [2.75, 3.05) is 0 Å². The Kier molecular flexibility index (Phi) is 5.52. The molecule has 0 aliphatic rings. The molecule has 0 saturated heterocycles. The number of aromatic nitrogens is 2. The maximum absolute atomic E-state index is 13.9. The van der Waals surface area contributed by atoms with Gasteiger partial charge in [-0.2, -0.15) is 5.10 Å². The Bertz CT molecular complexity index is 936. The largest absolute Gasteiger partial charge is 0.486 e. The fourth-order valence-corrected chi connectivity index (χ4v) is 3.12. The molecule has 3 N–H and O–H groups in total. The molecule has 0 amide bonds. The molecule has 3 rings (SSSR count). The summed E-state index contributed by atoms with van der Waals surface area (Å²) < 4.78 is 19.8. The van der Waals surface area contributed by atoms with Crippen molar-refractivity contribution in [3.63, 3.8) is 0 Å². The number of hydrogen-bond donors (Lipinski definition) is 2. The van der Waals surface area contributed by atoms with Crippen LogP contribution in [0.2, 0.25) is 0 Å². The second kappa shape index (κ2) is 7.83. The highest BCUT2D eigenvalue weighted by Gasteiger charge is 2.15. The zero-order chi connectivity index (χ0) is 18.7. The first-order chi connectivity index (χ1) is 12.4. The molecule has 0 fully saturated rings. The van der Waals surface area contributed by atoms with Gasteiger partial charge in [0.05, 0.1) is 4.99 Å². The number of hydrogen-bond acceptors (Lipinski definition) is 3. The number of nitrogens with zero attached hydrogens (tertiary/aromatic N) is 1. The number of H-pyrrole nitrogens is 1. The molecule has 136 valence electrons. The number of benzene rings is 2. The van der Waals surface area contributed by atoms with E-state index in [4.69, 9.17) is 22.7 Å². The Labute approximate surface area is 157 Å². The van der Waals surface area contributed by atoms with Crippen LogP contribution in [-0.2, 0) is 19.4 Å². The summed E-state index contributed by atoms with van der Waals surface area (Å²) in [5.41, 5.74) is 8.92. The molecule has 4 nitrogen and oxygen atoms in total. The molecule has 0 aliphatic carbocycles. The summed E-state index contributed by atoms with van der Waals surface area (Å²) in [5.74, 6) is 0.850. The first kappa shape index (κ1) is 18.3. The zero-order valence-corrected chi connectivity index (χ0v) is 15.7. The van der Waals surface area contributed by atoms with Gasteiger partial charge >= 0.3 is 0 Å². The first-order valence-corrected chi connectivity index (χ1v) is 8.99. The molecule has 0 unspecified atom stereocenters. The maximum Gasteiger partial charge on any atom is 0.148 e. The Morgan fingerprint density at radius 1 is 1.31 bits per heavy atom. The van der Waals surface area contributed by atoms with Gasteiger partial charge in [0, 0.05) is 23.1 Å². The van der Waals surface area contributed by atoms with Gasteiger partial charge in [0.15, 0.2) is 0 Å². The summed E-state index contributed by atoms with van der Waals surface area (Å²) in [5, 5.41) is 8.32. The van der Waals surface area contributed by atoms with E-state index in [1.165, 1.54) is 6.07 Å². The predicted molar refractivity (Wildman–Crippen MR) is 106 cm³/mol. The average Bonchev–Trinajstić information content (AvgIpc) is 2.95. The van der Waals surface area contributed by atoms with Gasteiger partial charge in [-0.1, -0.05) is 44.3 Å². The molecule has 0 atom stereocenters. The van der Waals surface area contributed by atoms with E-state index in [9.17, 15) is 4.39 Å². The van der Waals surface area contributed by atoms with E-state index in [1.54, 1.807) is 18.2 Å². The number of rotatable bonds is 7. The number of aromatic amines is 1. The monoisotopic (exact) mass is 371 g/mol. The van der Waals surface area contributed by atoms with E-state index in [2.05, 4.69) is 30.1 Å². The maximum atomic E-state index is 13.9. The lowest BCUT2D eigenvalue weighted by Crippen LogP contribution is -2.11. The van der Waals surface area contributed by atoms with E-state index in [1.807, 2.05) is 6.07 Å². The first-order valence-electron chi connectivity index (χ1n) is 8.58. The third-order valence-electron chi connectivity index (χ3n) is 4.10. The second-order valence-corrected chi connectivity index (χ2v) is 7.34. The quantitative estimate of drug-likeness (QED) is 0.608. The van der Waals surface area contributed by atoms with Crippen molar-refractivity contribution in [2.45, 2.75) is 33.3 Å². The van der Waals surface area contributed by atoms with Crippen LogP contribution < -0.4 is 10.5 Å². The van der Waals surface area contributed by atoms with Gasteiger partial charge in [0.1, 0.15) is 23.7 Å². The van der Waals surface area contributed by atoms with Gasteiger partial charge in [-0.05, 0) is 36.1 Å². The highest BCUT2D eigenvalue weighted by molar-refractivity contribution is 7.80. The van der Waals surface area contributed by atoms with Crippen LogP contribution >= 0.6 is 12.2 Å². The van der Waals surface area contributed by atoms with Crippen molar-refractivity contribution in [2.24, 2.45) is 11.7 Å². The number of halogens is 1. The standard InChI is InChI=1S/C20H22FN3OS/c1-12(2)7-13-8-15-17(10-19(22)26)23-24-20(15)18(9-13)25-11-14-5-3-4-6-16(14)21/h3-6,8-9,12H,7,10-11H2,1-2H3,(H2,22,26)(H,23,24). The number of ether oxygens (including phenoxy) is 1. The molecule has 0 aliphatic heterocycles. The van der Waals surface area contributed by atoms with E-state index in [0.29, 0.717) is 34.2 Å². The number of fused-ring (bicyclic) bond motifs is 1. The van der Waals surface area contributed by atoms with Crippen LogP contribution in [0, 0.1) is 11.7 Å². The SMILES string of the molecule is CC(C)Cc1cc(OCc2ccccc2F)c2n[nH]c(CC(N)=S)c2c1. The minimum atomic E-state index is -0.279. The number of nitrogens with one attached hydrogen (secondary N) is 1. The molecule has 0 radical (unpaired) electrons. The van der Waals surface area contributed by atoms with Gasteiger partial charge in [0.25, 0.3) is 0 Å². The van der Waals surface area contributed by atoms with E-state index in [-0.39, 0.29) is 12.4 Å². The topological polar surface area (TPSA) is 63.9 Å². The lowest BCUT2D eigenvalue weighted by Gasteiger charge is -2.11. The molecular weight excluding hydrogens is 349 g/mol. The summed E-state index contributed by atoms with van der Waals surface area (Å²) in [6, 6.07) is 10.7. The van der Waals surface area contributed by atoms with Crippen molar-refractivity contribution >= 4 is 28.1 Å². The Morgan fingerprint density at radius 2 is 2.08 bits per heavy atom. The molecule has 0 spiro atoms. The third-order valence-corrected chi connectivity index (χ3v) is 4.24. The Morgan fingerprint density at radius 3 is 2.77 bits per heavy atom. The molecule has 1 aromatic heterocycles. The number of thiocarbonyl (C=S) groups is 1. The van der Waals surface area contributed by atoms with Crippen molar-refractivity contribution in [3.05, 3.63) is 59.0 Å². The molecule has 0 bridgehead atoms. The van der Waals surface area contributed by atoms with Gasteiger partial charge in [0.2, 0.25) is 0 Å². The van der Waals surface area contributed by atoms with E-state index < -0.39 is 0 Å². The molecule has 0 saturated carbocycles. The zero-order valence-electron chi connectivity index (χ0n) is 14.9. The van der Waals surface area contributed by atoms with Gasteiger partial charge < -0.3 is 10.5 Å². The lowest BCUT2D eigenvalue weighted by atomic mass is 10.00. The summed E-state index contributed by atoms with van der Waals surface area (Å²) >= 11 is 5.03. The van der Waals surface area contributed by atoms with Crippen molar-refractivity contribution in [3.8, 4) is 5.75 Å². The minimum Gasteiger partial charge on any atom is -0.486 e. The van der Waals surface area contributed by atoms with Gasteiger partial charge in [-0.3, -0.25) is 5.10 Å². The van der Waals surface area contributed by atoms with Crippen LogP contribution in [0.4, 0.5) is 4.39 Å². The van der Waals surface area contributed by atoms with Crippen molar-refractivity contribution in [1.29, 1.82) is 0 Å². The van der Waals surface area contributed by atoms with Gasteiger partial charge in [-0.25, -0.2) is 4.39 Å². The van der Waals surface area contributed by atoms with Crippen LogP contribution in [0.1, 0.15) is 30.7 Å². The summed E-state index contributed by atoms with van der Waals surface area (Å²) in [6.45, 7) is 4.47. The van der Waals surface area contributed by atoms with Crippen LogP contribution in [0.3, 0.4) is 0 Å². The van der Waals surface area contributed by atoms with Crippen LogP contribution in [0.25, 0.3) is 10.9 Å². The van der Waals surface area contributed by atoms with Gasteiger partial charge in [-0.15, -0.1) is 0 Å². The fourth-order valence-electron chi connectivity index (χ4n) is 2.97.